The molecule has 0 unspecified atom stereocenters. The molecule has 3 atom stereocenters. The number of nitrogens with one attached hydrogen (secondary N) is 1. The van der Waals surface area contributed by atoms with E-state index < -0.39 is 0 Å². The molecular formula is C17H23N3O2. The van der Waals surface area contributed by atoms with Crippen molar-refractivity contribution >= 4 is 6.03 Å². The maximum atomic E-state index is 12.2. The van der Waals surface area contributed by atoms with E-state index in [1.54, 1.807) is 24.1 Å². The van der Waals surface area contributed by atoms with Crippen LogP contribution in [0.15, 0.2) is 24.3 Å². The third-order valence-corrected chi connectivity index (χ3v) is 4.33. The number of aliphatic hydroxyl groups excluding tert-OH is 1. The van der Waals surface area contributed by atoms with E-state index in [1.165, 1.54) is 0 Å². The van der Waals surface area contributed by atoms with Gasteiger partial charge in [-0.15, -0.1) is 0 Å². The molecule has 0 saturated heterocycles. The third kappa shape index (κ3) is 3.99. The van der Waals surface area contributed by atoms with Crippen LogP contribution in [-0.2, 0) is 0 Å². The normalized spacial score (nSPS) is 21.9. The predicted molar refractivity (Wildman–Crippen MR) is 84.1 cm³/mol. The second-order valence-corrected chi connectivity index (χ2v) is 6.05. The second-order valence-electron chi connectivity index (χ2n) is 6.05. The van der Waals surface area contributed by atoms with Gasteiger partial charge in [0.15, 0.2) is 0 Å². The van der Waals surface area contributed by atoms with E-state index >= 15 is 0 Å². The van der Waals surface area contributed by atoms with Crippen molar-refractivity contribution in [2.75, 3.05) is 13.6 Å². The Morgan fingerprint density at radius 3 is 2.95 bits per heavy atom. The van der Waals surface area contributed by atoms with E-state index in [9.17, 15) is 9.90 Å². The number of nitrogens with zero attached hydrogens (tertiary/aromatic N) is 2. The lowest BCUT2D eigenvalue weighted by atomic mass is 10.1. The lowest BCUT2D eigenvalue weighted by Crippen LogP contribution is -2.42. The number of hydrogen-bond donors (Lipinski definition) is 2. The summed E-state index contributed by atoms with van der Waals surface area (Å²) in [5.74, 6) is 0.174. The molecule has 1 aromatic carbocycles. The number of benzene rings is 1. The maximum Gasteiger partial charge on any atom is 0.317 e. The van der Waals surface area contributed by atoms with Crippen LogP contribution in [-0.4, -0.2) is 35.7 Å². The van der Waals surface area contributed by atoms with Crippen molar-refractivity contribution in [2.24, 2.45) is 5.92 Å². The molecule has 22 heavy (non-hydrogen) atoms. The fraction of sp³-hybridized carbons (Fsp3) is 0.529. The van der Waals surface area contributed by atoms with Crippen LogP contribution in [0.1, 0.15) is 43.4 Å². The van der Waals surface area contributed by atoms with Gasteiger partial charge in [0, 0.05) is 19.5 Å². The van der Waals surface area contributed by atoms with Gasteiger partial charge < -0.3 is 15.3 Å². The Bertz CT molecular complexity index is 567. The summed E-state index contributed by atoms with van der Waals surface area (Å²) in [6.07, 6.45) is 2.54. The van der Waals surface area contributed by atoms with Crippen molar-refractivity contribution in [1.29, 1.82) is 5.26 Å². The van der Waals surface area contributed by atoms with Gasteiger partial charge in [-0.05, 0) is 37.5 Å². The second kappa shape index (κ2) is 7.28. The standard InChI is InChI=1S/C17H23N3O2/c1-12(14-6-3-5-13(9-14)10-18)19-17(22)20(2)11-15-7-4-8-16(15)21/h3,5-6,9,12,15-16,21H,4,7-8,11H2,1-2H3,(H,19,22)/t12-,15-,16+/m0/s1. The number of aliphatic hydroxyl groups is 1. The summed E-state index contributed by atoms with van der Waals surface area (Å²) in [6, 6.07) is 9.01. The minimum atomic E-state index is -0.292. The molecule has 1 aliphatic rings. The first-order chi connectivity index (χ1) is 10.5. The molecule has 5 heteroatoms. The number of carbonyl (C=O) groups is 1. The molecule has 1 aliphatic carbocycles. The van der Waals surface area contributed by atoms with Gasteiger partial charge in [0.1, 0.15) is 0 Å². The molecule has 2 N–H and O–H groups in total. The van der Waals surface area contributed by atoms with Crippen LogP contribution in [0.3, 0.4) is 0 Å². The average Bonchev–Trinajstić information content (AvgIpc) is 2.92. The minimum Gasteiger partial charge on any atom is -0.393 e. The molecule has 0 bridgehead atoms. The monoisotopic (exact) mass is 301 g/mol. The molecule has 0 radical (unpaired) electrons. The number of amides is 2. The van der Waals surface area contributed by atoms with Crippen LogP contribution in [0.4, 0.5) is 4.79 Å². The number of urea groups is 1. The molecule has 1 saturated carbocycles. The summed E-state index contributed by atoms with van der Waals surface area (Å²) in [6.45, 7) is 2.46. The fourth-order valence-electron chi connectivity index (χ4n) is 2.92. The van der Waals surface area contributed by atoms with Gasteiger partial charge in [0.25, 0.3) is 0 Å². The van der Waals surface area contributed by atoms with E-state index in [2.05, 4.69) is 11.4 Å². The smallest absolute Gasteiger partial charge is 0.317 e. The number of rotatable bonds is 4. The van der Waals surface area contributed by atoms with Gasteiger partial charge in [-0.3, -0.25) is 0 Å². The summed E-state index contributed by atoms with van der Waals surface area (Å²) in [5, 5.41) is 21.7. The Morgan fingerprint density at radius 1 is 1.55 bits per heavy atom. The summed E-state index contributed by atoms with van der Waals surface area (Å²) >= 11 is 0. The van der Waals surface area contributed by atoms with Gasteiger partial charge in [-0.25, -0.2) is 4.79 Å². The van der Waals surface area contributed by atoms with Crippen molar-refractivity contribution in [3.63, 3.8) is 0 Å². The zero-order valence-corrected chi connectivity index (χ0v) is 13.1. The Kier molecular flexibility index (Phi) is 5.40. The van der Waals surface area contributed by atoms with Gasteiger partial charge >= 0.3 is 6.03 Å². The van der Waals surface area contributed by atoms with Crippen molar-refractivity contribution in [3.05, 3.63) is 35.4 Å². The minimum absolute atomic E-state index is 0.158. The molecule has 2 amide bonds. The molecular weight excluding hydrogens is 278 g/mol. The predicted octanol–water partition coefficient (Wildman–Crippen LogP) is 2.42. The van der Waals surface area contributed by atoms with Gasteiger partial charge in [0.2, 0.25) is 0 Å². The summed E-state index contributed by atoms with van der Waals surface area (Å²) in [5.41, 5.74) is 1.49. The van der Waals surface area contributed by atoms with Crippen LogP contribution < -0.4 is 5.32 Å². The lowest BCUT2D eigenvalue weighted by Gasteiger charge is -2.25. The van der Waals surface area contributed by atoms with Crippen molar-refractivity contribution in [2.45, 2.75) is 38.3 Å². The highest BCUT2D eigenvalue weighted by Gasteiger charge is 2.27. The molecule has 0 aliphatic heterocycles. The zero-order valence-electron chi connectivity index (χ0n) is 13.1. The van der Waals surface area contributed by atoms with E-state index in [0.717, 1.165) is 24.8 Å². The number of carbonyl (C=O) groups excluding carboxylic acids is 1. The Morgan fingerprint density at radius 2 is 2.32 bits per heavy atom. The number of nitriles is 1. The van der Waals surface area contributed by atoms with E-state index in [-0.39, 0.29) is 24.1 Å². The quantitative estimate of drug-likeness (QED) is 0.896. The highest BCUT2D eigenvalue weighted by molar-refractivity contribution is 5.74. The SMILES string of the molecule is C[C@H](NC(=O)N(C)C[C@@H]1CCC[C@H]1O)c1cccc(C#N)c1. The molecule has 2 rings (SSSR count). The van der Waals surface area contributed by atoms with Gasteiger partial charge in [-0.1, -0.05) is 18.6 Å². The molecule has 0 spiro atoms. The average molecular weight is 301 g/mol. The molecule has 1 fully saturated rings. The van der Waals surface area contributed by atoms with Gasteiger partial charge in [0.05, 0.1) is 23.8 Å². The Hall–Kier alpha value is -2.06. The van der Waals surface area contributed by atoms with Gasteiger partial charge in [-0.2, -0.15) is 5.26 Å². The third-order valence-electron chi connectivity index (χ3n) is 4.33. The van der Waals surface area contributed by atoms with E-state index in [0.29, 0.717) is 12.1 Å². The lowest BCUT2D eigenvalue weighted by molar-refractivity contribution is 0.113. The fourth-order valence-corrected chi connectivity index (χ4v) is 2.92. The molecule has 118 valence electrons. The molecule has 1 aromatic rings. The number of hydrogen-bond acceptors (Lipinski definition) is 3. The van der Waals surface area contributed by atoms with Crippen LogP contribution in [0, 0.1) is 17.2 Å². The summed E-state index contributed by atoms with van der Waals surface area (Å²) in [4.78, 5) is 13.9. The van der Waals surface area contributed by atoms with E-state index in [4.69, 9.17) is 5.26 Å². The van der Waals surface area contributed by atoms with Crippen molar-refractivity contribution in [1.82, 2.24) is 10.2 Å². The van der Waals surface area contributed by atoms with Crippen molar-refractivity contribution in [3.8, 4) is 6.07 Å². The summed E-state index contributed by atoms with van der Waals surface area (Å²) in [7, 11) is 1.75. The van der Waals surface area contributed by atoms with E-state index in [1.807, 2.05) is 19.1 Å². The van der Waals surface area contributed by atoms with Crippen LogP contribution >= 0.6 is 0 Å². The highest BCUT2D eigenvalue weighted by Crippen LogP contribution is 2.26. The maximum absolute atomic E-state index is 12.2. The first-order valence-electron chi connectivity index (χ1n) is 7.71. The Labute approximate surface area is 131 Å². The molecule has 0 heterocycles. The summed E-state index contributed by atoms with van der Waals surface area (Å²) < 4.78 is 0. The van der Waals surface area contributed by atoms with Crippen LogP contribution in [0.25, 0.3) is 0 Å². The highest BCUT2D eigenvalue weighted by atomic mass is 16.3. The molecule has 5 nitrogen and oxygen atoms in total. The van der Waals surface area contributed by atoms with Crippen LogP contribution in [0.5, 0.6) is 0 Å². The first-order valence-corrected chi connectivity index (χ1v) is 7.71. The largest absolute Gasteiger partial charge is 0.393 e. The zero-order chi connectivity index (χ0) is 16.1. The Balaban J connectivity index is 1.91. The van der Waals surface area contributed by atoms with Crippen LogP contribution in [0.2, 0.25) is 0 Å². The molecule has 0 aromatic heterocycles. The first kappa shape index (κ1) is 16.3. The van der Waals surface area contributed by atoms with Crippen molar-refractivity contribution < 1.29 is 9.90 Å². The topological polar surface area (TPSA) is 76.4 Å².